The molecule has 3 rings (SSSR count). The van der Waals surface area contributed by atoms with Crippen LogP contribution in [0.1, 0.15) is 0 Å². The van der Waals surface area contributed by atoms with E-state index in [-0.39, 0.29) is 16.7 Å². The van der Waals surface area contributed by atoms with Crippen molar-refractivity contribution >= 4 is 22.7 Å². The molecular formula is C16H11F3N2OS. The zero-order valence-electron chi connectivity index (χ0n) is 12.0. The molecule has 1 heterocycles. The van der Waals surface area contributed by atoms with E-state index >= 15 is 0 Å². The highest BCUT2D eigenvalue weighted by atomic mass is 32.2. The molecular weight excluding hydrogens is 325 g/mol. The Kier molecular flexibility index (Phi) is 3.89. The minimum absolute atomic E-state index is 0.0580. The molecule has 0 aliphatic rings. The number of alkyl halides is 3. The SMILES string of the molecule is Cn1c(=O)nc(-c2ccccc2)c2cc(SC(F)(F)F)ccc21. The van der Waals surface area contributed by atoms with Gasteiger partial charge in [-0.1, -0.05) is 30.3 Å². The van der Waals surface area contributed by atoms with E-state index in [1.54, 1.807) is 31.3 Å². The van der Waals surface area contributed by atoms with E-state index in [4.69, 9.17) is 0 Å². The third-order valence-electron chi connectivity index (χ3n) is 3.36. The van der Waals surface area contributed by atoms with Gasteiger partial charge in [-0.25, -0.2) is 4.79 Å². The first-order valence-corrected chi connectivity index (χ1v) is 7.49. The number of fused-ring (bicyclic) bond motifs is 1. The summed E-state index contributed by atoms with van der Waals surface area (Å²) in [4.78, 5) is 16.1. The van der Waals surface area contributed by atoms with E-state index in [2.05, 4.69) is 4.98 Å². The van der Waals surface area contributed by atoms with E-state index in [1.807, 2.05) is 6.07 Å². The standard InChI is InChI=1S/C16H11F3N2OS/c1-21-13-8-7-11(23-16(17,18)19)9-12(13)14(20-15(21)22)10-5-3-2-4-6-10/h2-9H,1H3. The van der Waals surface area contributed by atoms with Gasteiger partial charge in [0.05, 0.1) is 11.2 Å². The predicted molar refractivity (Wildman–Crippen MR) is 84.3 cm³/mol. The van der Waals surface area contributed by atoms with Crippen LogP contribution in [-0.2, 0) is 7.05 Å². The molecule has 1 aromatic heterocycles. The molecule has 0 aliphatic carbocycles. The first-order chi connectivity index (χ1) is 10.8. The summed E-state index contributed by atoms with van der Waals surface area (Å²) in [6.45, 7) is 0. The van der Waals surface area contributed by atoms with Crippen LogP contribution < -0.4 is 5.69 Å². The van der Waals surface area contributed by atoms with Crippen molar-refractivity contribution in [3.05, 3.63) is 59.0 Å². The van der Waals surface area contributed by atoms with Crippen molar-refractivity contribution < 1.29 is 13.2 Å². The molecule has 0 radical (unpaired) electrons. The lowest BCUT2D eigenvalue weighted by atomic mass is 10.1. The van der Waals surface area contributed by atoms with Crippen molar-refractivity contribution in [3.8, 4) is 11.3 Å². The second-order valence-electron chi connectivity index (χ2n) is 4.89. The number of aromatic nitrogens is 2. The lowest BCUT2D eigenvalue weighted by molar-refractivity contribution is -0.0328. The van der Waals surface area contributed by atoms with Crippen molar-refractivity contribution in [1.82, 2.24) is 9.55 Å². The average molecular weight is 336 g/mol. The Hall–Kier alpha value is -2.28. The van der Waals surface area contributed by atoms with Crippen LogP contribution in [0.2, 0.25) is 0 Å². The summed E-state index contributed by atoms with van der Waals surface area (Å²) in [5, 5.41) is 0.507. The highest BCUT2D eigenvalue weighted by Crippen LogP contribution is 2.38. The van der Waals surface area contributed by atoms with E-state index < -0.39 is 11.2 Å². The Bertz CT molecular complexity index is 920. The van der Waals surface area contributed by atoms with Crippen LogP contribution >= 0.6 is 11.8 Å². The number of aryl methyl sites for hydroxylation is 1. The summed E-state index contributed by atoms with van der Waals surface area (Å²) in [6.07, 6.45) is 0. The Balaban J connectivity index is 2.28. The third kappa shape index (κ3) is 3.24. The fraction of sp³-hybridized carbons (Fsp3) is 0.125. The molecule has 0 aliphatic heterocycles. The van der Waals surface area contributed by atoms with Gasteiger partial charge in [-0.2, -0.15) is 18.2 Å². The van der Waals surface area contributed by atoms with Gasteiger partial charge in [0.25, 0.3) is 0 Å². The summed E-state index contributed by atoms with van der Waals surface area (Å²) in [6, 6.07) is 13.2. The molecule has 2 aromatic carbocycles. The third-order valence-corrected chi connectivity index (χ3v) is 4.08. The molecule has 0 fully saturated rings. The van der Waals surface area contributed by atoms with Crippen LogP contribution in [0.4, 0.5) is 13.2 Å². The minimum Gasteiger partial charge on any atom is -0.295 e. The number of nitrogens with zero attached hydrogens (tertiary/aromatic N) is 2. The van der Waals surface area contributed by atoms with Gasteiger partial charge in [0.15, 0.2) is 0 Å². The number of hydrogen-bond donors (Lipinski definition) is 0. The fourth-order valence-electron chi connectivity index (χ4n) is 2.34. The normalized spacial score (nSPS) is 11.8. The van der Waals surface area contributed by atoms with Crippen LogP contribution in [0.5, 0.6) is 0 Å². The maximum absolute atomic E-state index is 12.6. The Morgan fingerprint density at radius 2 is 1.78 bits per heavy atom. The quantitative estimate of drug-likeness (QED) is 0.658. The number of hydrogen-bond acceptors (Lipinski definition) is 3. The molecule has 7 heteroatoms. The summed E-state index contributed by atoms with van der Waals surface area (Å²) < 4.78 is 39.1. The molecule has 0 unspecified atom stereocenters. The Morgan fingerprint density at radius 3 is 2.43 bits per heavy atom. The van der Waals surface area contributed by atoms with Crippen molar-refractivity contribution in [2.45, 2.75) is 10.4 Å². The molecule has 0 N–H and O–H groups in total. The van der Waals surface area contributed by atoms with Crippen LogP contribution in [0, 0.1) is 0 Å². The van der Waals surface area contributed by atoms with Gasteiger partial charge in [-0.15, -0.1) is 0 Å². The van der Waals surface area contributed by atoms with Crippen molar-refractivity contribution in [2.75, 3.05) is 0 Å². The van der Waals surface area contributed by atoms with Gasteiger partial charge >= 0.3 is 11.2 Å². The molecule has 0 atom stereocenters. The highest BCUT2D eigenvalue weighted by Gasteiger charge is 2.29. The number of rotatable bonds is 2. The number of thioether (sulfide) groups is 1. The molecule has 118 valence electrons. The molecule has 0 spiro atoms. The van der Waals surface area contributed by atoms with Crippen molar-refractivity contribution in [1.29, 1.82) is 0 Å². The lowest BCUT2D eigenvalue weighted by Gasteiger charge is -2.11. The number of halogens is 3. The van der Waals surface area contributed by atoms with Crippen LogP contribution in [0.15, 0.2) is 58.2 Å². The fourth-order valence-corrected chi connectivity index (χ4v) is 2.92. The summed E-state index contributed by atoms with van der Waals surface area (Å²) in [7, 11) is 1.54. The minimum atomic E-state index is -4.37. The van der Waals surface area contributed by atoms with Gasteiger partial charge in [0, 0.05) is 22.9 Å². The van der Waals surface area contributed by atoms with Crippen LogP contribution in [-0.4, -0.2) is 15.1 Å². The molecule has 0 saturated carbocycles. The van der Waals surface area contributed by atoms with E-state index in [1.165, 1.54) is 22.8 Å². The zero-order chi connectivity index (χ0) is 16.6. The van der Waals surface area contributed by atoms with Gasteiger partial charge in [0.1, 0.15) is 0 Å². The zero-order valence-corrected chi connectivity index (χ0v) is 12.8. The molecule has 0 saturated heterocycles. The maximum atomic E-state index is 12.6. The highest BCUT2D eigenvalue weighted by molar-refractivity contribution is 8.00. The topological polar surface area (TPSA) is 34.9 Å². The molecule has 23 heavy (non-hydrogen) atoms. The van der Waals surface area contributed by atoms with Crippen LogP contribution in [0.3, 0.4) is 0 Å². The van der Waals surface area contributed by atoms with Gasteiger partial charge in [-0.05, 0) is 30.0 Å². The Labute approximate surface area is 133 Å². The second-order valence-corrected chi connectivity index (χ2v) is 6.03. The number of benzene rings is 2. The summed E-state index contributed by atoms with van der Waals surface area (Å²) in [5.41, 5.74) is -3.21. The van der Waals surface area contributed by atoms with E-state index in [0.29, 0.717) is 22.2 Å². The lowest BCUT2D eigenvalue weighted by Crippen LogP contribution is -2.21. The van der Waals surface area contributed by atoms with Gasteiger partial charge in [-0.3, -0.25) is 4.57 Å². The van der Waals surface area contributed by atoms with Crippen molar-refractivity contribution in [2.24, 2.45) is 7.05 Å². The second kappa shape index (κ2) is 5.73. The smallest absolute Gasteiger partial charge is 0.295 e. The van der Waals surface area contributed by atoms with Crippen LogP contribution in [0.25, 0.3) is 22.2 Å². The Morgan fingerprint density at radius 1 is 1.09 bits per heavy atom. The molecule has 3 aromatic rings. The predicted octanol–water partition coefficient (Wildman–Crippen LogP) is 4.21. The monoisotopic (exact) mass is 336 g/mol. The average Bonchev–Trinajstić information content (AvgIpc) is 2.50. The van der Waals surface area contributed by atoms with E-state index in [0.717, 1.165) is 0 Å². The maximum Gasteiger partial charge on any atom is 0.446 e. The molecule has 0 bridgehead atoms. The van der Waals surface area contributed by atoms with Gasteiger partial charge in [0.2, 0.25) is 0 Å². The largest absolute Gasteiger partial charge is 0.446 e. The summed E-state index contributed by atoms with van der Waals surface area (Å²) >= 11 is -0.186. The molecule has 0 amide bonds. The first-order valence-electron chi connectivity index (χ1n) is 6.67. The molecule has 3 nitrogen and oxygen atoms in total. The van der Waals surface area contributed by atoms with Gasteiger partial charge < -0.3 is 0 Å². The first kappa shape index (κ1) is 15.6. The van der Waals surface area contributed by atoms with E-state index in [9.17, 15) is 18.0 Å². The summed E-state index contributed by atoms with van der Waals surface area (Å²) in [5.74, 6) is 0. The van der Waals surface area contributed by atoms with Crippen molar-refractivity contribution in [3.63, 3.8) is 0 Å².